The maximum Gasteiger partial charge on any atom is 0.243 e. The van der Waals surface area contributed by atoms with Gasteiger partial charge in [-0.05, 0) is 43.2 Å². The van der Waals surface area contributed by atoms with Gasteiger partial charge in [0.05, 0.1) is 21.2 Å². The first kappa shape index (κ1) is 22.1. The van der Waals surface area contributed by atoms with Crippen molar-refractivity contribution in [3.8, 4) is 0 Å². The fourth-order valence-corrected chi connectivity index (χ4v) is 4.94. The molecule has 0 aromatic heterocycles. The molecule has 10 heteroatoms. The van der Waals surface area contributed by atoms with Gasteiger partial charge in [0.1, 0.15) is 0 Å². The van der Waals surface area contributed by atoms with E-state index >= 15 is 0 Å². The molecule has 2 aromatic carbocycles. The smallest absolute Gasteiger partial charge is 0.243 e. The van der Waals surface area contributed by atoms with E-state index in [4.69, 9.17) is 34.8 Å². The SMILES string of the molecule is O=C(N/N=C\c1cccc(Cl)c1Cl)C1CCN(S(=O)(=O)c2ccc(Cl)cc2)CC1. The lowest BCUT2D eigenvalue weighted by atomic mass is 9.98. The third kappa shape index (κ3) is 5.29. The van der Waals surface area contributed by atoms with Gasteiger partial charge < -0.3 is 0 Å². The van der Waals surface area contributed by atoms with Gasteiger partial charge in [-0.15, -0.1) is 0 Å². The number of carbonyl (C=O) groups excluding carboxylic acids is 1. The van der Waals surface area contributed by atoms with Crippen molar-refractivity contribution < 1.29 is 13.2 Å². The van der Waals surface area contributed by atoms with E-state index in [9.17, 15) is 13.2 Å². The van der Waals surface area contributed by atoms with Crippen molar-refractivity contribution in [1.82, 2.24) is 9.73 Å². The van der Waals surface area contributed by atoms with Crippen LogP contribution in [0.1, 0.15) is 18.4 Å². The Morgan fingerprint density at radius 2 is 1.72 bits per heavy atom. The fourth-order valence-electron chi connectivity index (χ4n) is 2.99. The van der Waals surface area contributed by atoms with E-state index in [-0.39, 0.29) is 29.8 Å². The lowest BCUT2D eigenvalue weighted by molar-refractivity contribution is -0.126. The maximum atomic E-state index is 12.7. The molecule has 0 radical (unpaired) electrons. The molecule has 0 spiro atoms. The molecular formula is C19H18Cl3N3O3S. The van der Waals surface area contributed by atoms with E-state index in [2.05, 4.69) is 10.5 Å². The Bertz CT molecular complexity index is 1020. The molecule has 154 valence electrons. The van der Waals surface area contributed by atoms with E-state index in [1.165, 1.54) is 22.7 Å². The normalized spacial score (nSPS) is 16.2. The van der Waals surface area contributed by atoms with E-state index in [0.29, 0.717) is 33.5 Å². The monoisotopic (exact) mass is 473 g/mol. The van der Waals surface area contributed by atoms with Crippen LogP contribution in [0.2, 0.25) is 15.1 Å². The first-order chi connectivity index (χ1) is 13.8. The highest BCUT2D eigenvalue weighted by Gasteiger charge is 2.32. The molecule has 0 aliphatic carbocycles. The number of hydrogen-bond acceptors (Lipinski definition) is 4. The molecule has 0 unspecified atom stereocenters. The van der Waals surface area contributed by atoms with Gasteiger partial charge in [-0.25, -0.2) is 13.8 Å². The Morgan fingerprint density at radius 1 is 1.07 bits per heavy atom. The lowest BCUT2D eigenvalue weighted by Crippen LogP contribution is -2.42. The molecule has 1 N–H and O–H groups in total. The highest BCUT2D eigenvalue weighted by atomic mass is 35.5. The molecule has 6 nitrogen and oxygen atoms in total. The second-order valence-electron chi connectivity index (χ2n) is 6.51. The minimum Gasteiger partial charge on any atom is -0.273 e. The minimum atomic E-state index is -3.60. The molecule has 1 amide bonds. The van der Waals surface area contributed by atoms with E-state index < -0.39 is 10.0 Å². The number of halogens is 3. The topological polar surface area (TPSA) is 78.8 Å². The van der Waals surface area contributed by atoms with Crippen molar-refractivity contribution in [2.24, 2.45) is 11.0 Å². The Balaban J connectivity index is 1.56. The third-order valence-corrected chi connectivity index (χ3v) is 7.63. The van der Waals surface area contributed by atoms with Crippen LogP contribution in [0.3, 0.4) is 0 Å². The number of benzene rings is 2. The summed E-state index contributed by atoms with van der Waals surface area (Å²) in [4.78, 5) is 12.5. The van der Waals surface area contributed by atoms with Crippen LogP contribution in [0.25, 0.3) is 0 Å². The molecular weight excluding hydrogens is 457 g/mol. The van der Waals surface area contributed by atoms with Gasteiger partial charge in [-0.1, -0.05) is 46.9 Å². The van der Waals surface area contributed by atoms with Crippen LogP contribution in [0, 0.1) is 5.92 Å². The summed E-state index contributed by atoms with van der Waals surface area (Å²) in [5.74, 6) is -0.582. The molecule has 3 rings (SSSR count). The predicted octanol–water partition coefficient (Wildman–Crippen LogP) is 4.20. The quantitative estimate of drug-likeness (QED) is 0.521. The fraction of sp³-hybridized carbons (Fsp3) is 0.263. The van der Waals surface area contributed by atoms with Crippen molar-refractivity contribution in [2.75, 3.05) is 13.1 Å². The molecule has 1 heterocycles. The number of hydrazone groups is 1. The van der Waals surface area contributed by atoms with Crippen LogP contribution < -0.4 is 5.43 Å². The number of amides is 1. The Labute approximate surface area is 184 Å². The summed E-state index contributed by atoms with van der Waals surface area (Å²) in [7, 11) is -3.60. The number of sulfonamides is 1. The lowest BCUT2D eigenvalue weighted by Gasteiger charge is -2.30. The standard InChI is InChI=1S/C19H18Cl3N3O3S/c20-15-4-6-16(7-5-15)29(27,28)25-10-8-13(9-11-25)19(26)24-23-12-14-2-1-3-17(21)18(14)22/h1-7,12-13H,8-11H2,(H,24,26)/b23-12-. The Hall–Kier alpha value is -1.64. The van der Waals surface area contributed by atoms with Gasteiger partial charge in [0.25, 0.3) is 0 Å². The number of piperidine rings is 1. The number of carbonyl (C=O) groups is 1. The molecule has 0 atom stereocenters. The van der Waals surface area contributed by atoms with Crippen LogP contribution >= 0.6 is 34.8 Å². The third-order valence-electron chi connectivity index (χ3n) is 4.64. The van der Waals surface area contributed by atoms with Gasteiger partial charge in [-0.2, -0.15) is 9.41 Å². The highest BCUT2D eigenvalue weighted by Crippen LogP contribution is 2.25. The molecule has 1 fully saturated rings. The zero-order valence-corrected chi connectivity index (χ0v) is 18.3. The predicted molar refractivity (Wildman–Crippen MR) is 115 cm³/mol. The average Bonchev–Trinajstić information content (AvgIpc) is 2.71. The van der Waals surface area contributed by atoms with Crippen LogP contribution in [0.4, 0.5) is 0 Å². The van der Waals surface area contributed by atoms with Crippen molar-refractivity contribution in [2.45, 2.75) is 17.7 Å². The van der Waals surface area contributed by atoms with E-state index in [1.807, 2.05) is 0 Å². The number of nitrogens with zero attached hydrogens (tertiary/aromatic N) is 2. The van der Waals surface area contributed by atoms with Crippen LogP contribution in [0.5, 0.6) is 0 Å². The molecule has 2 aromatic rings. The van der Waals surface area contributed by atoms with Crippen molar-refractivity contribution in [1.29, 1.82) is 0 Å². The van der Waals surface area contributed by atoms with E-state index in [0.717, 1.165) is 0 Å². The summed E-state index contributed by atoms with van der Waals surface area (Å²) >= 11 is 17.8. The first-order valence-corrected chi connectivity index (χ1v) is 11.4. The highest BCUT2D eigenvalue weighted by molar-refractivity contribution is 7.89. The van der Waals surface area contributed by atoms with Gasteiger partial charge in [0.2, 0.25) is 15.9 Å². The molecule has 0 bridgehead atoms. The molecule has 1 saturated heterocycles. The first-order valence-electron chi connectivity index (χ1n) is 8.81. The average molecular weight is 475 g/mol. The summed E-state index contributed by atoms with van der Waals surface area (Å²) in [5, 5.41) is 5.16. The van der Waals surface area contributed by atoms with Gasteiger partial charge >= 0.3 is 0 Å². The van der Waals surface area contributed by atoms with E-state index in [1.54, 1.807) is 30.3 Å². The zero-order chi connectivity index (χ0) is 21.0. The summed E-state index contributed by atoms with van der Waals surface area (Å²) in [6.45, 7) is 0.514. The summed E-state index contributed by atoms with van der Waals surface area (Å²) in [6, 6.07) is 11.2. The van der Waals surface area contributed by atoms with Crippen LogP contribution in [-0.4, -0.2) is 37.9 Å². The maximum absolute atomic E-state index is 12.7. The second-order valence-corrected chi connectivity index (χ2v) is 9.67. The van der Waals surface area contributed by atoms with Gasteiger partial charge in [-0.3, -0.25) is 4.79 Å². The Kier molecular flexibility index (Phi) is 7.19. The molecule has 29 heavy (non-hydrogen) atoms. The van der Waals surface area contributed by atoms with Crippen molar-refractivity contribution in [3.63, 3.8) is 0 Å². The van der Waals surface area contributed by atoms with Crippen LogP contribution in [0.15, 0.2) is 52.5 Å². The largest absolute Gasteiger partial charge is 0.273 e. The Morgan fingerprint density at radius 3 is 2.38 bits per heavy atom. The second kappa shape index (κ2) is 9.45. The van der Waals surface area contributed by atoms with Gasteiger partial charge in [0, 0.05) is 29.6 Å². The summed E-state index contributed by atoms with van der Waals surface area (Å²) < 4.78 is 26.8. The minimum absolute atomic E-state index is 0.188. The number of nitrogens with one attached hydrogen (secondary N) is 1. The molecule has 1 aliphatic heterocycles. The van der Waals surface area contributed by atoms with Crippen molar-refractivity contribution in [3.05, 3.63) is 63.1 Å². The number of hydrogen-bond donors (Lipinski definition) is 1. The molecule has 1 aliphatic rings. The van der Waals surface area contributed by atoms with Crippen molar-refractivity contribution >= 4 is 56.9 Å². The summed E-state index contributed by atoms with van der Waals surface area (Å²) in [5.41, 5.74) is 3.07. The number of rotatable bonds is 5. The van der Waals surface area contributed by atoms with Crippen LogP contribution in [-0.2, 0) is 14.8 Å². The molecule has 0 saturated carbocycles. The summed E-state index contributed by atoms with van der Waals surface area (Å²) in [6.07, 6.45) is 2.24. The zero-order valence-electron chi connectivity index (χ0n) is 15.2. The van der Waals surface area contributed by atoms with Gasteiger partial charge in [0.15, 0.2) is 0 Å².